The number of nitrogens with zero attached hydrogens (tertiary/aromatic N) is 2. The first-order chi connectivity index (χ1) is 6.83. The summed E-state index contributed by atoms with van der Waals surface area (Å²) < 4.78 is 10.7. The fourth-order valence-corrected chi connectivity index (χ4v) is 1.70. The number of methoxy groups -OCH3 is 1. The minimum atomic E-state index is 0.326. The van der Waals surface area contributed by atoms with E-state index in [9.17, 15) is 0 Å². The number of aryl methyl sites for hydroxylation is 1. The van der Waals surface area contributed by atoms with Crippen LogP contribution in [0.1, 0.15) is 19.0 Å². The van der Waals surface area contributed by atoms with Crippen LogP contribution in [0, 0.1) is 0 Å². The minimum Gasteiger partial charge on any atom is -0.432 e. The molecule has 0 aromatic carbocycles. The van der Waals surface area contributed by atoms with Crippen molar-refractivity contribution in [2.75, 3.05) is 25.1 Å². The van der Waals surface area contributed by atoms with E-state index in [1.54, 1.807) is 13.4 Å². The third kappa shape index (κ3) is 1.75. The summed E-state index contributed by atoms with van der Waals surface area (Å²) in [4.78, 5) is 6.52. The Bertz CT molecular complexity index is 298. The first kappa shape index (κ1) is 9.52. The normalized spacial score (nSPS) is 21.9. The van der Waals surface area contributed by atoms with Gasteiger partial charge in [0.05, 0.1) is 11.8 Å². The Morgan fingerprint density at radius 3 is 3.14 bits per heavy atom. The van der Waals surface area contributed by atoms with Crippen molar-refractivity contribution >= 4 is 6.01 Å². The van der Waals surface area contributed by atoms with Gasteiger partial charge in [-0.05, 0) is 12.8 Å². The predicted molar refractivity (Wildman–Crippen MR) is 53.5 cm³/mol. The highest BCUT2D eigenvalue weighted by atomic mass is 16.5. The molecule has 2 heterocycles. The Hall–Kier alpha value is -1.03. The summed E-state index contributed by atoms with van der Waals surface area (Å²) >= 11 is 0. The van der Waals surface area contributed by atoms with Gasteiger partial charge in [-0.15, -0.1) is 0 Å². The smallest absolute Gasteiger partial charge is 0.297 e. The lowest BCUT2D eigenvalue weighted by Gasteiger charge is -2.12. The second-order valence-corrected chi connectivity index (χ2v) is 3.57. The van der Waals surface area contributed by atoms with Crippen molar-refractivity contribution in [3.05, 3.63) is 12.0 Å². The molecule has 0 unspecified atom stereocenters. The van der Waals surface area contributed by atoms with Crippen molar-refractivity contribution in [2.45, 2.75) is 25.9 Å². The first-order valence-electron chi connectivity index (χ1n) is 5.05. The molecule has 2 rings (SSSR count). The molecule has 1 aliphatic rings. The topological polar surface area (TPSA) is 38.5 Å². The number of aromatic nitrogens is 1. The van der Waals surface area contributed by atoms with Gasteiger partial charge in [-0.25, -0.2) is 0 Å². The number of oxazole rings is 1. The van der Waals surface area contributed by atoms with Crippen molar-refractivity contribution in [3.8, 4) is 0 Å². The van der Waals surface area contributed by atoms with E-state index in [1.165, 1.54) is 0 Å². The van der Waals surface area contributed by atoms with E-state index in [0.29, 0.717) is 6.10 Å². The Labute approximate surface area is 83.9 Å². The first-order valence-corrected chi connectivity index (χ1v) is 5.05. The summed E-state index contributed by atoms with van der Waals surface area (Å²) in [6, 6.07) is 0.737. The molecule has 1 aromatic heterocycles. The molecule has 4 heteroatoms. The van der Waals surface area contributed by atoms with Crippen molar-refractivity contribution in [3.63, 3.8) is 0 Å². The summed E-state index contributed by atoms with van der Waals surface area (Å²) in [5, 5.41) is 0. The van der Waals surface area contributed by atoms with Crippen LogP contribution >= 0.6 is 0 Å². The number of hydrogen-bond acceptors (Lipinski definition) is 4. The Morgan fingerprint density at radius 1 is 1.71 bits per heavy atom. The Balaban J connectivity index is 2.02. The zero-order valence-electron chi connectivity index (χ0n) is 8.69. The Morgan fingerprint density at radius 2 is 2.57 bits per heavy atom. The monoisotopic (exact) mass is 196 g/mol. The standard InChI is InChI=1S/C10H16N2O2/c1-3-8-7-14-10(11-8)12-5-4-9(6-12)13-2/h7,9H,3-6H2,1-2H3/t9-/m0/s1. The molecule has 1 atom stereocenters. The lowest BCUT2D eigenvalue weighted by atomic mass is 10.3. The molecule has 4 nitrogen and oxygen atoms in total. The third-order valence-electron chi connectivity index (χ3n) is 2.65. The van der Waals surface area contributed by atoms with Crippen LogP contribution in [-0.4, -0.2) is 31.3 Å². The summed E-state index contributed by atoms with van der Waals surface area (Å²) in [5.74, 6) is 0. The van der Waals surface area contributed by atoms with Gasteiger partial charge < -0.3 is 14.1 Å². The van der Waals surface area contributed by atoms with Crippen molar-refractivity contribution in [2.24, 2.45) is 0 Å². The van der Waals surface area contributed by atoms with Crippen LogP contribution in [0.25, 0.3) is 0 Å². The van der Waals surface area contributed by atoms with Crippen molar-refractivity contribution in [1.29, 1.82) is 0 Å². The van der Waals surface area contributed by atoms with Crippen LogP contribution in [0.4, 0.5) is 6.01 Å². The van der Waals surface area contributed by atoms with Gasteiger partial charge in [0.1, 0.15) is 6.26 Å². The second kappa shape index (κ2) is 4.00. The number of hydrogen-bond donors (Lipinski definition) is 0. The molecular formula is C10H16N2O2. The van der Waals surface area contributed by atoms with Crippen LogP contribution in [-0.2, 0) is 11.2 Å². The molecule has 1 aromatic rings. The molecule has 0 spiro atoms. The highest BCUT2D eigenvalue weighted by molar-refractivity contribution is 5.29. The van der Waals surface area contributed by atoms with Gasteiger partial charge in [0, 0.05) is 20.2 Å². The summed E-state index contributed by atoms with van der Waals surface area (Å²) in [6.45, 7) is 3.94. The van der Waals surface area contributed by atoms with Gasteiger partial charge in [-0.2, -0.15) is 4.98 Å². The molecule has 0 bridgehead atoms. The molecule has 0 aliphatic carbocycles. The minimum absolute atomic E-state index is 0.326. The van der Waals surface area contributed by atoms with Crippen LogP contribution in [0.5, 0.6) is 0 Å². The van der Waals surface area contributed by atoms with Crippen LogP contribution in [0.2, 0.25) is 0 Å². The van der Waals surface area contributed by atoms with Crippen LogP contribution < -0.4 is 4.90 Å². The summed E-state index contributed by atoms with van der Waals surface area (Å²) in [7, 11) is 1.75. The molecule has 0 N–H and O–H groups in total. The van der Waals surface area contributed by atoms with E-state index in [2.05, 4.69) is 16.8 Å². The van der Waals surface area contributed by atoms with Gasteiger partial charge in [0.2, 0.25) is 0 Å². The average molecular weight is 196 g/mol. The fourth-order valence-electron chi connectivity index (χ4n) is 1.70. The molecular weight excluding hydrogens is 180 g/mol. The van der Waals surface area contributed by atoms with E-state index in [1.807, 2.05) is 0 Å². The van der Waals surface area contributed by atoms with Crippen molar-refractivity contribution in [1.82, 2.24) is 4.98 Å². The largest absolute Gasteiger partial charge is 0.432 e. The molecule has 0 radical (unpaired) electrons. The average Bonchev–Trinajstić information content (AvgIpc) is 2.86. The van der Waals surface area contributed by atoms with Crippen molar-refractivity contribution < 1.29 is 9.15 Å². The van der Waals surface area contributed by atoms with E-state index in [-0.39, 0.29) is 0 Å². The second-order valence-electron chi connectivity index (χ2n) is 3.57. The molecule has 1 saturated heterocycles. The molecule has 1 aliphatic heterocycles. The number of ether oxygens (including phenoxy) is 1. The van der Waals surface area contributed by atoms with E-state index < -0.39 is 0 Å². The molecule has 0 amide bonds. The maximum atomic E-state index is 5.39. The molecule has 1 fully saturated rings. The summed E-state index contributed by atoms with van der Waals surface area (Å²) in [5.41, 5.74) is 1.01. The van der Waals surface area contributed by atoms with E-state index in [0.717, 1.165) is 37.6 Å². The fraction of sp³-hybridized carbons (Fsp3) is 0.700. The Kier molecular flexibility index (Phi) is 2.72. The maximum Gasteiger partial charge on any atom is 0.297 e. The number of rotatable bonds is 3. The van der Waals surface area contributed by atoms with E-state index >= 15 is 0 Å². The van der Waals surface area contributed by atoms with Gasteiger partial charge in [-0.1, -0.05) is 6.92 Å². The third-order valence-corrected chi connectivity index (χ3v) is 2.65. The highest BCUT2D eigenvalue weighted by Gasteiger charge is 2.25. The van der Waals surface area contributed by atoms with Gasteiger partial charge in [-0.3, -0.25) is 0 Å². The highest BCUT2D eigenvalue weighted by Crippen LogP contribution is 2.20. The van der Waals surface area contributed by atoms with E-state index in [4.69, 9.17) is 9.15 Å². The zero-order chi connectivity index (χ0) is 9.97. The SMILES string of the molecule is CCc1coc(N2CC[C@H](OC)C2)n1. The molecule has 78 valence electrons. The zero-order valence-corrected chi connectivity index (χ0v) is 8.69. The molecule has 14 heavy (non-hydrogen) atoms. The van der Waals surface area contributed by atoms with Gasteiger partial charge >= 0.3 is 0 Å². The van der Waals surface area contributed by atoms with Crippen LogP contribution in [0.3, 0.4) is 0 Å². The lowest BCUT2D eigenvalue weighted by Crippen LogP contribution is -2.22. The lowest BCUT2D eigenvalue weighted by molar-refractivity contribution is 0.121. The maximum absolute atomic E-state index is 5.39. The van der Waals surface area contributed by atoms with Gasteiger partial charge in [0.25, 0.3) is 6.01 Å². The summed E-state index contributed by atoms with van der Waals surface area (Å²) in [6.07, 6.45) is 4.04. The number of anilines is 1. The quantitative estimate of drug-likeness (QED) is 0.733. The predicted octanol–water partition coefficient (Wildman–Crippen LogP) is 1.46. The van der Waals surface area contributed by atoms with Gasteiger partial charge in [0.15, 0.2) is 0 Å². The molecule has 0 saturated carbocycles. The van der Waals surface area contributed by atoms with Crippen LogP contribution in [0.15, 0.2) is 10.7 Å².